The summed E-state index contributed by atoms with van der Waals surface area (Å²) < 4.78 is 21.8. The first kappa shape index (κ1) is 30.8. The van der Waals surface area contributed by atoms with E-state index in [2.05, 4.69) is 54.4 Å². The quantitative estimate of drug-likeness (QED) is 0.207. The number of aromatic nitrogens is 4. The van der Waals surface area contributed by atoms with E-state index in [0.29, 0.717) is 47.0 Å². The summed E-state index contributed by atoms with van der Waals surface area (Å²) in [5.74, 6) is 5.97. The smallest absolute Gasteiger partial charge is 0.255 e. The van der Waals surface area contributed by atoms with Crippen molar-refractivity contribution in [2.45, 2.75) is 26.4 Å². The van der Waals surface area contributed by atoms with Gasteiger partial charge in [0.15, 0.2) is 0 Å². The van der Waals surface area contributed by atoms with Crippen molar-refractivity contribution in [3.63, 3.8) is 0 Å². The normalized spacial score (nSPS) is 13.7. The number of hydrogen-bond donors (Lipinski definition) is 2. The maximum absolute atomic E-state index is 14.9. The van der Waals surface area contributed by atoms with Crippen LogP contribution in [0.25, 0.3) is 0 Å². The number of anilines is 3. The third-order valence-electron chi connectivity index (χ3n) is 7.42. The molecule has 44 heavy (non-hydrogen) atoms. The number of amides is 1. The zero-order chi connectivity index (χ0) is 30.9. The summed E-state index contributed by atoms with van der Waals surface area (Å²) in [6.45, 7) is 7.69. The molecular weight excluding hydrogens is 559 g/mol. The standard InChI is InChI=1S/C33H37FN8O2/c1-24-5-7-27(32(43)38-29-10-9-28(31(34)18-29)22-41-14-12-40(2)13-15-41)17-26(24)8-6-25-19-35-33(36-20-25)39-30-21-37-42(23-30)11-4-16-44-3/h5,7,9-10,17-21,23H,4,11-16,22H2,1-3H3,(H,38,43)(H,35,36,39). The molecule has 0 spiro atoms. The molecule has 5 rings (SSSR count). The van der Waals surface area contributed by atoms with Gasteiger partial charge in [0.05, 0.1) is 17.4 Å². The summed E-state index contributed by atoms with van der Waals surface area (Å²) in [6.07, 6.45) is 7.76. The van der Waals surface area contributed by atoms with Gasteiger partial charge in [-0.3, -0.25) is 14.4 Å². The van der Waals surface area contributed by atoms with Gasteiger partial charge in [-0.15, -0.1) is 0 Å². The molecule has 0 radical (unpaired) electrons. The van der Waals surface area contributed by atoms with E-state index in [-0.39, 0.29) is 11.7 Å². The van der Waals surface area contributed by atoms with E-state index >= 15 is 0 Å². The van der Waals surface area contributed by atoms with Crippen molar-refractivity contribution in [3.05, 3.63) is 94.8 Å². The minimum atomic E-state index is -0.333. The fourth-order valence-corrected chi connectivity index (χ4v) is 4.75. The lowest BCUT2D eigenvalue weighted by molar-refractivity contribution is 0.102. The molecule has 10 nitrogen and oxygen atoms in total. The molecule has 228 valence electrons. The van der Waals surface area contributed by atoms with Crippen LogP contribution in [0.1, 0.15) is 39.0 Å². The van der Waals surface area contributed by atoms with E-state index in [0.717, 1.165) is 50.4 Å². The van der Waals surface area contributed by atoms with Gasteiger partial charge in [0.25, 0.3) is 5.91 Å². The van der Waals surface area contributed by atoms with Crippen molar-refractivity contribution in [1.29, 1.82) is 0 Å². The van der Waals surface area contributed by atoms with E-state index in [1.165, 1.54) is 6.07 Å². The van der Waals surface area contributed by atoms with Crippen LogP contribution < -0.4 is 10.6 Å². The zero-order valence-electron chi connectivity index (χ0n) is 25.3. The number of likely N-dealkylation sites (N-methyl/N-ethyl adjacent to an activating group) is 1. The highest BCUT2D eigenvalue weighted by Gasteiger charge is 2.16. The Labute approximate surface area is 257 Å². The number of aryl methyl sites for hydroxylation is 2. The molecule has 0 bridgehead atoms. The molecule has 1 amide bonds. The number of nitrogens with zero attached hydrogens (tertiary/aromatic N) is 6. The number of piperazine rings is 1. The van der Waals surface area contributed by atoms with Crippen molar-refractivity contribution >= 4 is 23.2 Å². The van der Waals surface area contributed by atoms with Crippen LogP contribution >= 0.6 is 0 Å². The van der Waals surface area contributed by atoms with Crippen molar-refractivity contribution in [1.82, 2.24) is 29.5 Å². The van der Waals surface area contributed by atoms with Crippen molar-refractivity contribution in [2.75, 3.05) is 57.6 Å². The molecule has 2 aromatic heterocycles. The second-order valence-electron chi connectivity index (χ2n) is 10.9. The molecule has 0 saturated carbocycles. The monoisotopic (exact) mass is 596 g/mol. The fraction of sp³-hybridized carbons (Fsp3) is 0.333. The summed E-state index contributed by atoms with van der Waals surface area (Å²) in [5, 5.41) is 10.3. The Balaban J connectivity index is 1.18. The largest absolute Gasteiger partial charge is 0.385 e. The van der Waals surface area contributed by atoms with Gasteiger partial charge in [0, 0.05) is 94.0 Å². The average molecular weight is 597 g/mol. The number of ether oxygens (including phenoxy) is 1. The Hall–Kier alpha value is -4.63. The lowest BCUT2D eigenvalue weighted by atomic mass is 10.0. The minimum Gasteiger partial charge on any atom is -0.385 e. The average Bonchev–Trinajstić information content (AvgIpc) is 3.47. The van der Waals surface area contributed by atoms with Gasteiger partial charge in [-0.1, -0.05) is 24.0 Å². The third kappa shape index (κ3) is 8.48. The first-order valence-corrected chi connectivity index (χ1v) is 14.6. The van der Waals surface area contributed by atoms with Gasteiger partial charge < -0.3 is 20.3 Å². The number of rotatable bonds is 10. The molecule has 3 heterocycles. The number of nitrogens with one attached hydrogen (secondary N) is 2. The van der Waals surface area contributed by atoms with Gasteiger partial charge >= 0.3 is 0 Å². The molecule has 2 aromatic carbocycles. The second-order valence-corrected chi connectivity index (χ2v) is 10.9. The minimum absolute atomic E-state index is 0.325. The molecule has 1 fully saturated rings. The summed E-state index contributed by atoms with van der Waals surface area (Å²) >= 11 is 0. The maximum Gasteiger partial charge on any atom is 0.255 e. The Bertz CT molecular complexity index is 1640. The van der Waals surface area contributed by atoms with E-state index < -0.39 is 0 Å². The van der Waals surface area contributed by atoms with Crippen LogP contribution in [0.3, 0.4) is 0 Å². The maximum atomic E-state index is 14.9. The molecule has 1 saturated heterocycles. The molecule has 1 aliphatic heterocycles. The van der Waals surface area contributed by atoms with E-state index in [1.54, 1.807) is 50.0 Å². The molecular formula is C33H37FN8O2. The lowest BCUT2D eigenvalue weighted by Crippen LogP contribution is -2.44. The van der Waals surface area contributed by atoms with Gasteiger partial charge in [0.2, 0.25) is 5.95 Å². The molecule has 0 atom stereocenters. The first-order chi connectivity index (χ1) is 21.4. The van der Waals surface area contributed by atoms with E-state index in [4.69, 9.17) is 4.74 Å². The van der Waals surface area contributed by atoms with E-state index in [1.807, 2.05) is 23.9 Å². The SMILES string of the molecule is COCCCn1cc(Nc2ncc(C#Cc3cc(C(=O)Nc4ccc(CN5CCN(C)CC5)c(F)c4)ccc3C)cn2)cn1. The van der Waals surface area contributed by atoms with Crippen molar-refractivity contribution < 1.29 is 13.9 Å². The summed E-state index contributed by atoms with van der Waals surface area (Å²) in [7, 11) is 3.77. The summed E-state index contributed by atoms with van der Waals surface area (Å²) in [4.78, 5) is 26.2. The van der Waals surface area contributed by atoms with Crippen LogP contribution in [0.2, 0.25) is 0 Å². The Morgan fingerprint density at radius 1 is 1.02 bits per heavy atom. The van der Waals surface area contributed by atoms with Crippen LogP contribution in [0.5, 0.6) is 0 Å². The highest BCUT2D eigenvalue weighted by molar-refractivity contribution is 6.04. The number of methoxy groups -OCH3 is 1. The van der Waals surface area contributed by atoms with Crippen molar-refractivity contribution in [2.24, 2.45) is 0 Å². The number of carbonyl (C=O) groups excluding carboxylic acids is 1. The van der Waals surface area contributed by atoms with Crippen LogP contribution in [-0.2, 0) is 17.8 Å². The predicted octanol–water partition coefficient (Wildman–Crippen LogP) is 4.30. The molecule has 0 aliphatic carbocycles. The van der Waals surface area contributed by atoms with Crippen LogP contribution in [0, 0.1) is 24.6 Å². The predicted molar refractivity (Wildman–Crippen MR) is 168 cm³/mol. The highest BCUT2D eigenvalue weighted by atomic mass is 19.1. The number of halogens is 1. The van der Waals surface area contributed by atoms with Crippen LogP contribution in [0.15, 0.2) is 61.2 Å². The second kappa shape index (κ2) is 14.7. The van der Waals surface area contributed by atoms with Crippen LogP contribution in [-0.4, -0.2) is 82.4 Å². The third-order valence-corrected chi connectivity index (χ3v) is 7.42. The summed E-state index contributed by atoms with van der Waals surface area (Å²) in [5.41, 5.74) is 4.51. The number of carbonyl (C=O) groups is 1. The highest BCUT2D eigenvalue weighted by Crippen LogP contribution is 2.19. The Morgan fingerprint density at radius 3 is 2.57 bits per heavy atom. The molecule has 2 N–H and O–H groups in total. The van der Waals surface area contributed by atoms with Crippen LogP contribution in [0.4, 0.5) is 21.7 Å². The number of benzene rings is 2. The van der Waals surface area contributed by atoms with Crippen molar-refractivity contribution in [3.8, 4) is 11.8 Å². The number of hydrogen-bond acceptors (Lipinski definition) is 8. The Morgan fingerprint density at radius 2 is 1.82 bits per heavy atom. The molecule has 4 aromatic rings. The summed E-state index contributed by atoms with van der Waals surface area (Å²) in [6, 6.07) is 10.2. The topological polar surface area (TPSA) is 100 Å². The Kier molecular flexibility index (Phi) is 10.3. The lowest BCUT2D eigenvalue weighted by Gasteiger charge is -2.32. The molecule has 0 unspecified atom stereocenters. The van der Waals surface area contributed by atoms with Gasteiger partial charge in [0.1, 0.15) is 5.82 Å². The molecule has 1 aliphatic rings. The first-order valence-electron chi connectivity index (χ1n) is 14.6. The van der Waals surface area contributed by atoms with E-state index in [9.17, 15) is 9.18 Å². The van der Waals surface area contributed by atoms with Gasteiger partial charge in [-0.2, -0.15) is 5.10 Å². The van der Waals surface area contributed by atoms with Gasteiger partial charge in [-0.05, 0) is 50.2 Å². The van der Waals surface area contributed by atoms with Gasteiger partial charge in [-0.25, -0.2) is 14.4 Å². The zero-order valence-corrected chi connectivity index (χ0v) is 25.3. The fourth-order valence-electron chi connectivity index (χ4n) is 4.75. The molecule has 11 heteroatoms.